The van der Waals surface area contributed by atoms with E-state index in [4.69, 9.17) is 11.6 Å². The number of aromatic nitrogens is 2. The highest BCUT2D eigenvalue weighted by Gasteiger charge is 2.33. The minimum Gasteiger partial charge on any atom is -0.282 e. The third kappa shape index (κ3) is 3.80. The van der Waals surface area contributed by atoms with Crippen LogP contribution >= 0.6 is 23.4 Å². The molecule has 154 valence electrons. The maximum atomic E-state index is 14.9. The van der Waals surface area contributed by atoms with Gasteiger partial charge in [-0.25, -0.2) is 4.39 Å². The first kappa shape index (κ1) is 20.4. The lowest BCUT2D eigenvalue weighted by Gasteiger charge is -2.14. The van der Waals surface area contributed by atoms with Crippen LogP contribution in [-0.4, -0.2) is 20.9 Å². The van der Waals surface area contributed by atoms with E-state index < -0.39 is 28.7 Å². The molecule has 0 bridgehead atoms. The monoisotopic (exact) mass is 455 g/mol. The molecule has 0 radical (unpaired) electrons. The number of carbonyl (C=O) groups is 2. The Morgan fingerprint density at radius 2 is 1.97 bits per heavy atom. The molecule has 2 heterocycles. The van der Waals surface area contributed by atoms with Crippen molar-refractivity contribution in [1.82, 2.24) is 15.1 Å². The molecule has 0 aliphatic carbocycles. The van der Waals surface area contributed by atoms with Crippen LogP contribution in [0, 0.1) is 5.82 Å². The van der Waals surface area contributed by atoms with Crippen molar-refractivity contribution < 1.29 is 27.2 Å². The van der Waals surface area contributed by atoms with Crippen molar-refractivity contribution in [3.05, 3.63) is 69.0 Å². The van der Waals surface area contributed by atoms with Gasteiger partial charge in [0.05, 0.1) is 34.1 Å². The topological polar surface area (TPSA) is 64.0 Å². The quantitative estimate of drug-likeness (QED) is 0.434. The molecule has 1 aliphatic heterocycles. The molecular formula is C19H10ClF4N3O2S. The van der Waals surface area contributed by atoms with Crippen molar-refractivity contribution in [1.29, 1.82) is 0 Å². The number of thioether (sulfide) groups is 1. The van der Waals surface area contributed by atoms with Crippen LogP contribution in [0.3, 0.4) is 0 Å². The maximum absolute atomic E-state index is 14.9. The van der Waals surface area contributed by atoms with Crippen LogP contribution in [0.4, 0.5) is 22.4 Å². The fourth-order valence-electron chi connectivity index (χ4n) is 3.05. The zero-order valence-electron chi connectivity index (χ0n) is 14.8. The van der Waals surface area contributed by atoms with Gasteiger partial charge < -0.3 is 0 Å². The van der Waals surface area contributed by atoms with Gasteiger partial charge in [-0.2, -0.15) is 18.3 Å². The van der Waals surface area contributed by atoms with Crippen LogP contribution in [0.1, 0.15) is 16.7 Å². The maximum Gasteiger partial charge on any atom is 0.416 e. The SMILES string of the molecule is O=C1NC(=O)/C(=C/c2ccc3c(cnn3Cc3ccc(Cl)cc3C(F)(F)F)c2F)S1. The molecule has 30 heavy (non-hydrogen) atoms. The number of nitrogens with zero attached hydrogens (tertiary/aromatic N) is 2. The zero-order valence-corrected chi connectivity index (χ0v) is 16.3. The average molecular weight is 456 g/mol. The number of nitrogens with one attached hydrogen (secondary N) is 1. The lowest BCUT2D eigenvalue weighted by atomic mass is 10.1. The van der Waals surface area contributed by atoms with Gasteiger partial charge in [0.25, 0.3) is 11.1 Å². The molecule has 5 nitrogen and oxygen atoms in total. The summed E-state index contributed by atoms with van der Waals surface area (Å²) in [5, 5.41) is 5.56. The number of hydrogen-bond acceptors (Lipinski definition) is 4. The summed E-state index contributed by atoms with van der Waals surface area (Å²) in [5.41, 5.74) is -0.635. The molecule has 1 fully saturated rings. The van der Waals surface area contributed by atoms with Crippen LogP contribution < -0.4 is 5.32 Å². The Balaban J connectivity index is 1.72. The Morgan fingerprint density at radius 1 is 1.20 bits per heavy atom. The minimum atomic E-state index is -4.61. The van der Waals surface area contributed by atoms with Crippen LogP contribution in [-0.2, 0) is 17.5 Å². The molecule has 4 rings (SSSR count). The average Bonchev–Trinajstić information content (AvgIpc) is 3.21. The van der Waals surface area contributed by atoms with Gasteiger partial charge in [-0.3, -0.25) is 19.6 Å². The summed E-state index contributed by atoms with van der Waals surface area (Å²) in [7, 11) is 0. The fourth-order valence-corrected chi connectivity index (χ4v) is 3.89. The third-order valence-electron chi connectivity index (χ3n) is 4.42. The molecule has 0 atom stereocenters. The Bertz CT molecular complexity index is 1240. The van der Waals surface area contributed by atoms with Gasteiger partial charge in [0.15, 0.2) is 0 Å². The van der Waals surface area contributed by atoms with Crippen LogP contribution in [0.5, 0.6) is 0 Å². The van der Waals surface area contributed by atoms with Crippen LogP contribution in [0.25, 0.3) is 17.0 Å². The summed E-state index contributed by atoms with van der Waals surface area (Å²) in [4.78, 5) is 22.9. The number of fused-ring (bicyclic) bond motifs is 1. The van der Waals surface area contributed by atoms with E-state index in [0.717, 1.165) is 6.07 Å². The molecule has 2 aromatic carbocycles. The lowest BCUT2D eigenvalue weighted by molar-refractivity contribution is -0.138. The number of alkyl halides is 3. The lowest BCUT2D eigenvalue weighted by Crippen LogP contribution is -2.17. The minimum absolute atomic E-state index is 0.0432. The Morgan fingerprint density at radius 3 is 2.63 bits per heavy atom. The largest absolute Gasteiger partial charge is 0.416 e. The molecular weight excluding hydrogens is 446 g/mol. The van der Waals surface area contributed by atoms with E-state index in [9.17, 15) is 27.2 Å². The Kier molecular flexibility index (Phi) is 5.07. The highest BCUT2D eigenvalue weighted by Crippen LogP contribution is 2.35. The summed E-state index contributed by atoms with van der Waals surface area (Å²) >= 11 is 6.35. The number of amides is 2. The van der Waals surface area contributed by atoms with Crippen molar-refractivity contribution >= 4 is 51.5 Å². The molecule has 1 aliphatic rings. The van der Waals surface area contributed by atoms with Gasteiger partial charge in [-0.15, -0.1) is 0 Å². The van der Waals surface area contributed by atoms with E-state index in [-0.39, 0.29) is 38.5 Å². The Labute approximate surface area is 175 Å². The normalized spacial score (nSPS) is 16.0. The van der Waals surface area contributed by atoms with Gasteiger partial charge in [0.1, 0.15) is 5.82 Å². The number of benzene rings is 2. The van der Waals surface area contributed by atoms with Gasteiger partial charge in [0.2, 0.25) is 0 Å². The number of rotatable bonds is 3. The van der Waals surface area contributed by atoms with Crippen molar-refractivity contribution in [2.75, 3.05) is 0 Å². The second-order valence-corrected chi connectivity index (χ2v) is 7.81. The predicted molar refractivity (Wildman–Crippen MR) is 104 cm³/mol. The molecule has 0 spiro atoms. The van der Waals surface area contributed by atoms with E-state index in [1.54, 1.807) is 0 Å². The standard InChI is InChI=1S/C19H10ClF4N3O2S/c20-11-3-1-10(13(6-11)19(22,23)24)8-27-14-4-2-9(16(21)12(14)7-25-27)5-15-17(28)26-18(29)30-15/h1-7H,8H2,(H,26,28,29)/b15-5-. The zero-order chi connectivity index (χ0) is 21.6. The van der Waals surface area contributed by atoms with Crippen LogP contribution in [0.15, 0.2) is 41.4 Å². The van der Waals surface area contributed by atoms with Gasteiger partial charge >= 0.3 is 6.18 Å². The number of imide groups is 1. The highest BCUT2D eigenvalue weighted by atomic mass is 35.5. The first-order valence-corrected chi connectivity index (χ1v) is 9.57. The van der Waals surface area contributed by atoms with Crippen molar-refractivity contribution in [2.45, 2.75) is 12.7 Å². The first-order chi connectivity index (χ1) is 14.1. The molecule has 0 unspecified atom stereocenters. The number of hydrogen-bond donors (Lipinski definition) is 1. The molecule has 2 amide bonds. The van der Waals surface area contributed by atoms with Gasteiger partial charge in [-0.05, 0) is 47.7 Å². The van der Waals surface area contributed by atoms with E-state index >= 15 is 0 Å². The summed E-state index contributed by atoms with van der Waals surface area (Å²) < 4.78 is 56.1. The smallest absolute Gasteiger partial charge is 0.282 e. The van der Waals surface area contributed by atoms with Crippen molar-refractivity contribution in [3.63, 3.8) is 0 Å². The van der Waals surface area contributed by atoms with Crippen molar-refractivity contribution in [3.8, 4) is 0 Å². The Hall–Kier alpha value is -2.85. The summed E-state index contributed by atoms with van der Waals surface area (Å²) in [6.45, 7) is -0.248. The van der Waals surface area contributed by atoms with E-state index in [1.165, 1.54) is 41.2 Å². The van der Waals surface area contributed by atoms with Crippen molar-refractivity contribution in [2.24, 2.45) is 0 Å². The van der Waals surface area contributed by atoms with E-state index in [2.05, 4.69) is 10.4 Å². The van der Waals surface area contributed by atoms with E-state index in [1.807, 2.05) is 0 Å². The summed E-state index contributed by atoms with van der Waals surface area (Å²) in [5.74, 6) is -1.33. The molecule has 3 aromatic rings. The summed E-state index contributed by atoms with van der Waals surface area (Å²) in [6, 6.07) is 6.28. The number of halogens is 5. The molecule has 1 aromatic heterocycles. The van der Waals surface area contributed by atoms with Gasteiger partial charge in [0, 0.05) is 10.6 Å². The predicted octanol–water partition coefficient (Wildman–Crippen LogP) is 5.22. The third-order valence-corrected chi connectivity index (χ3v) is 5.46. The van der Waals surface area contributed by atoms with Gasteiger partial charge in [-0.1, -0.05) is 17.7 Å². The fraction of sp³-hybridized carbons (Fsp3) is 0.105. The highest BCUT2D eigenvalue weighted by molar-refractivity contribution is 8.18. The second-order valence-electron chi connectivity index (χ2n) is 6.36. The molecule has 1 N–H and O–H groups in total. The summed E-state index contributed by atoms with van der Waals surface area (Å²) in [6.07, 6.45) is -2.18. The number of carbonyl (C=O) groups excluding carboxylic acids is 2. The van der Waals surface area contributed by atoms with E-state index in [0.29, 0.717) is 11.8 Å². The molecule has 1 saturated heterocycles. The van der Waals surface area contributed by atoms with Crippen LogP contribution in [0.2, 0.25) is 5.02 Å². The second kappa shape index (κ2) is 7.44. The first-order valence-electron chi connectivity index (χ1n) is 8.38. The molecule has 11 heteroatoms. The molecule has 0 saturated carbocycles.